The molecule has 0 aromatic heterocycles. The highest BCUT2D eigenvalue weighted by Crippen LogP contribution is 2.20. The van der Waals surface area contributed by atoms with Gasteiger partial charge < -0.3 is 26.4 Å². The molecule has 174 valence electrons. The van der Waals surface area contributed by atoms with Gasteiger partial charge in [0.15, 0.2) is 0 Å². The quantitative estimate of drug-likeness (QED) is 0.217. The zero-order valence-corrected chi connectivity index (χ0v) is 18.3. The molecular formula is C21H38N2O7. The van der Waals surface area contributed by atoms with Crippen LogP contribution in [0.2, 0.25) is 0 Å². The van der Waals surface area contributed by atoms with Crippen LogP contribution < -0.4 is 11.1 Å². The van der Waals surface area contributed by atoms with E-state index in [4.69, 9.17) is 10.8 Å². The molecule has 0 aromatic rings. The van der Waals surface area contributed by atoms with Gasteiger partial charge in [-0.1, -0.05) is 40.0 Å². The molecule has 0 rings (SSSR count). The Labute approximate surface area is 178 Å². The Hall–Kier alpha value is -2.00. The number of aliphatic hydroxyl groups is 1. The number of unbranched alkanes of at least 4 members (excludes halogenated alkanes) is 2. The molecule has 2 unspecified atom stereocenters. The highest BCUT2D eigenvalue weighted by molar-refractivity contribution is 5.93. The second kappa shape index (κ2) is 14.9. The summed E-state index contributed by atoms with van der Waals surface area (Å²) in [6.07, 6.45) is 3.78. The van der Waals surface area contributed by atoms with Gasteiger partial charge in [0.2, 0.25) is 5.91 Å². The number of aliphatic hydroxyl groups excluding tert-OH is 1. The largest absolute Gasteiger partial charge is 0.481 e. The maximum atomic E-state index is 12.7. The van der Waals surface area contributed by atoms with Crippen LogP contribution in [0.4, 0.5) is 0 Å². The molecule has 4 atom stereocenters. The number of rotatable bonds is 17. The summed E-state index contributed by atoms with van der Waals surface area (Å²) in [7, 11) is 0. The number of aliphatic carboxylic acids is 2. The molecule has 0 fully saturated rings. The van der Waals surface area contributed by atoms with Crippen molar-refractivity contribution in [3.63, 3.8) is 0 Å². The van der Waals surface area contributed by atoms with Gasteiger partial charge in [0.05, 0.1) is 12.1 Å². The van der Waals surface area contributed by atoms with Crippen molar-refractivity contribution in [2.45, 2.75) is 96.7 Å². The van der Waals surface area contributed by atoms with Gasteiger partial charge in [-0.05, 0) is 31.6 Å². The number of carbonyl (C=O) groups is 4. The summed E-state index contributed by atoms with van der Waals surface area (Å²) in [6.45, 7) is 5.60. The van der Waals surface area contributed by atoms with Gasteiger partial charge in [0, 0.05) is 18.8 Å². The van der Waals surface area contributed by atoms with Crippen molar-refractivity contribution < 1.29 is 34.5 Å². The number of ketones is 1. The lowest BCUT2D eigenvalue weighted by molar-refractivity contribution is -0.143. The second-order valence-electron chi connectivity index (χ2n) is 8.14. The molecule has 30 heavy (non-hydrogen) atoms. The van der Waals surface area contributed by atoms with E-state index in [2.05, 4.69) is 12.2 Å². The lowest BCUT2D eigenvalue weighted by Crippen LogP contribution is -2.53. The SMILES string of the molecule is CCCCCC(O)CCCC(=O)C(C(C)C)[C@H](N)C(=O)N[C@H](CCC(=O)O)C(=O)O. The summed E-state index contributed by atoms with van der Waals surface area (Å²) >= 11 is 0. The summed E-state index contributed by atoms with van der Waals surface area (Å²) in [5, 5.41) is 30.1. The molecule has 0 saturated heterocycles. The molecule has 6 N–H and O–H groups in total. The predicted molar refractivity (Wildman–Crippen MR) is 112 cm³/mol. The van der Waals surface area contributed by atoms with E-state index in [0.717, 1.165) is 19.3 Å². The van der Waals surface area contributed by atoms with Crippen LogP contribution in [-0.2, 0) is 19.2 Å². The fourth-order valence-electron chi connectivity index (χ4n) is 3.40. The van der Waals surface area contributed by atoms with E-state index in [1.54, 1.807) is 13.8 Å². The van der Waals surface area contributed by atoms with Gasteiger partial charge in [0.1, 0.15) is 11.8 Å². The van der Waals surface area contributed by atoms with Crippen molar-refractivity contribution in [2.75, 3.05) is 0 Å². The zero-order valence-electron chi connectivity index (χ0n) is 18.3. The third-order valence-corrected chi connectivity index (χ3v) is 5.14. The molecule has 1 amide bonds. The van der Waals surface area contributed by atoms with E-state index < -0.39 is 48.4 Å². The zero-order chi connectivity index (χ0) is 23.3. The second-order valence-corrected chi connectivity index (χ2v) is 8.14. The monoisotopic (exact) mass is 430 g/mol. The summed E-state index contributed by atoms with van der Waals surface area (Å²) in [6, 6.07) is -2.63. The Morgan fingerprint density at radius 2 is 1.53 bits per heavy atom. The van der Waals surface area contributed by atoms with Gasteiger partial charge in [-0.3, -0.25) is 14.4 Å². The molecule has 0 aliphatic rings. The Morgan fingerprint density at radius 1 is 0.933 bits per heavy atom. The van der Waals surface area contributed by atoms with E-state index in [1.165, 1.54) is 0 Å². The van der Waals surface area contributed by atoms with Crippen molar-refractivity contribution in [1.29, 1.82) is 0 Å². The highest BCUT2D eigenvalue weighted by Gasteiger charge is 2.34. The van der Waals surface area contributed by atoms with Crippen molar-refractivity contribution in [2.24, 2.45) is 17.6 Å². The lowest BCUT2D eigenvalue weighted by Gasteiger charge is -2.26. The number of hydrogen-bond acceptors (Lipinski definition) is 6. The van der Waals surface area contributed by atoms with E-state index in [9.17, 15) is 29.4 Å². The molecule has 9 nitrogen and oxygen atoms in total. The van der Waals surface area contributed by atoms with Crippen LogP contribution in [0.15, 0.2) is 0 Å². The van der Waals surface area contributed by atoms with Crippen LogP contribution in [-0.4, -0.2) is 57.1 Å². The molecule has 0 radical (unpaired) electrons. The molecule has 0 heterocycles. The first-order chi connectivity index (χ1) is 14.0. The first-order valence-corrected chi connectivity index (χ1v) is 10.7. The Balaban J connectivity index is 4.80. The van der Waals surface area contributed by atoms with Crippen LogP contribution in [0.25, 0.3) is 0 Å². The topological polar surface area (TPSA) is 167 Å². The average molecular weight is 431 g/mol. The number of nitrogens with one attached hydrogen (secondary N) is 1. The molecule has 0 aliphatic carbocycles. The van der Waals surface area contributed by atoms with Crippen molar-refractivity contribution in [1.82, 2.24) is 5.32 Å². The van der Waals surface area contributed by atoms with E-state index in [1.807, 2.05) is 0 Å². The van der Waals surface area contributed by atoms with E-state index >= 15 is 0 Å². The molecular weight excluding hydrogens is 392 g/mol. The van der Waals surface area contributed by atoms with Crippen LogP contribution in [0.1, 0.15) is 78.6 Å². The Bertz CT molecular complexity index is 566. The molecule has 0 saturated carbocycles. The molecule has 0 aromatic carbocycles. The lowest BCUT2D eigenvalue weighted by atomic mass is 9.82. The van der Waals surface area contributed by atoms with Crippen molar-refractivity contribution >= 4 is 23.6 Å². The third-order valence-electron chi connectivity index (χ3n) is 5.14. The Morgan fingerprint density at radius 3 is 2.03 bits per heavy atom. The fourth-order valence-corrected chi connectivity index (χ4v) is 3.40. The maximum Gasteiger partial charge on any atom is 0.326 e. The van der Waals surface area contributed by atoms with Gasteiger partial charge in [-0.2, -0.15) is 0 Å². The van der Waals surface area contributed by atoms with Gasteiger partial charge in [0.25, 0.3) is 0 Å². The number of nitrogens with two attached hydrogens (primary N) is 1. The Kier molecular flexibility index (Phi) is 13.9. The summed E-state index contributed by atoms with van der Waals surface area (Å²) in [5.74, 6) is -4.57. The minimum Gasteiger partial charge on any atom is -0.481 e. The predicted octanol–water partition coefficient (Wildman–Crippen LogP) is 1.70. The van der Waals surface area contributed by atoms with Crippen LogP contribution >= 0.6 is 0 Å². The average Bonchev–Trinajstić information content (AvgIpc) is 2.64. The number of carboxylic acids is 2. The molecule has 0 spiro atoms. The first kappa shape index (κ1) is 28.0. The highest BCUT2D eigenvalue weighted by atomic mass is 16.4. The normalized spacial score (nSPS) is 15.3. The smallest absolute Gasteiger partial charge is 0.326 e. The third kappa shape index (κ3) is 11.3. The number of hydrogen-bond donors (Lipinski definition) is 5. The first-order valence-electron chi connectivity index (χ1n) is 10.7. The van der Waals surface area contributed by atoms with Gasteiger partial charge in [-0.25, -0.2) is 4.79 Å². The molecule has 9 heteroatoms. The number of carboxylic acid groups (broad SMARTS) is 2. The number of carbonyl (C=O) groups excluding carboxylic acids is 2. The minimum absolute atomic E-state index is 0.177. The number of Topliss-reactive ketones (excluding diaryl/α,β-unsaturated/α-hetero) is 1. The van der Waals surface area contributed by atoms with E-state index in [0.29, 0.717) is 19.3 Å². The summed E-state index contributed by atoms with van der Waals surface area (Å²) < 4.78 is 0. The van der Waals surface area contributed by atoms with Crippen LogP contribution in [0.3, 0.4) is 0 Å². The fraction of sp³-hybridized carbons (Fsp3) is 0.810. The van der Waals surface area contributed by atoms with Crippen LogP contribution in [0.5, 0.6) is 0 Å². The van der Waals surface area contributed by atoms with Gasteiger partial charge >= 0.3 is 11.9 Å². The number of amides is 1. The van der Waals surface area contributed by atoms with Crippen LogP contribution in [0, 0.1) is 11.8 Å². The van der Waals surface area contributed by atoms with Crippen molar-refractivity contribution in [3.8, 4) is 0 Å². The van der Waals surface area contributed by atoms with E-state index in [-0.39, 0.29) is 24.5 Å². The van der Waals surface area contributed by atoms with Gasteiger partial charge in [-0.15, -0.1) is 0 Å². The summed E-state index contributed by atoms with van der Waals surface area (Å²) in [4.78, 5) is 47.0. The minimum atomic E-state index is -1.39. The van der Waals surface area contributed by atoms with Crippen molar-refractivity contribution in [3.05, 3.63) is 0 Å². The standard InChI is InChI=1S/C21H38N2O7/c1-4-5-6-8-14(24)9-7-10-16(25)18(13(2)3)19(22)20(28)23-15(21(29)30)11-12-17(26)27/h13-15,18-19,24H,4-12,22H2,1-3H3,(H,23,28)(H,26,27)(H,29,30)/t14?,15-,18?,19+/m1/s1. The molecule has 0 aliphatic heterocycles. The maximum absolute atomic E-state index is 12.7. The summed E-state index contributed by atoms with van der Waals surface area (Å²) in [5.41, 5.74) is 5.99. The molecule has 0 bridgehead atoms.